The molecule has 0 spiro atoms. The molecule has 1 aromatic rings. The summed E-state index contributed by atoms with van der Waals surface area (Å²) in [5, 5.41) is 5.21. The molecule has 1 heterocycles. The van der Waals surface area contributed by atoms with Crippen molar-refractivity contribution in [2.24, 2.45) is 5.41 Å². The Morgan fingerprint density at radius 3 is 2.53 bits per heavy atom. The molecule has 0 aromatic carbocycles. The fourth-order valence-corrected chi connectivity index (χ4v) is 1.55. The number of rotatable bonds is 4. The van der Waals surface area contributed by atoms with Gasteiger partial charge in [-0.25, -0.2) is 0 Å². The summed E-state index contributed by atoms with van der Waals surface area (Å²) in [6, 6.07) is 3.20. The van der Waals surface area contributed by atoms with E-state index in [4.69, 9.17) is 4.42 Å². The van der Waals surface area contributed by atoms with Gasteiger partial charge in [0, 0.05) is 13.6 Å². The van der Waals surface area contributed by atoms with Gasteiger partial charge in [0.1, 0.15) is 0 Å². The molecule has 0 aliphatic carbocycles. The molecule has 1 rings (SSSR count). The van der Waals surface area contributed by atoms with E-state index < -0.39 is 5.41 Å². The lowest BCUT2D eigenvalue weighted by Gasteiger charge is -2.22. The summed E-state index contributed by atoms with van der Waals surface area (Å²) in [5.74, 6) is -0.254. The predicted octanol–water partition coefficient (Wildman–Crippen LogP) is 1.54. The molecular weight excluding hydrogens is 288 g/mol. The standard InChI is InChI=1S/C11H15BrN2O3/c1-11(2,10(16)13-3)6-14-9(15)7-4-5-8(12)17-7/h4-5H,6H2,1-3H3,(H,13,16)(H,14,15). The normalized spacial score (nSPS) is 11.1. The molecule has 2 amide bonds. The van der Waals surface area contributed by atoms with E-state index in [1.165, 1.54) is 0 Å². The van der Waals surface area contributed by atoms with Crippen molar-refractivity contribution < 1.29 is 14.0 Å². The molecule has 0 aliphatic heterocycles. The molecule has 2 N–H and O–H groups in total. The topological polar surface area (TPSA) is 71.3 Å². The number of carbonyl (C=O) groups is 2. The van der Waals surface area contributed by atoms with Crippen molar-refractivity contribution in [3.63, 3.8) is 0 Å². The van der Waals surface area contributed by atoms with E-state index in [0.29, 0.717) is 4.67 Å². The highest BCUT2D eigenvalue weighted by molar-refractivity contribution is 9.10. The van der Waals surface area contributed by atoms with Crippen LogP contribution in [0, 0.1) is 5.41 Å². The predicted molar refractivity (Wildman–Crippen MR) is 66.6 cm³/mol. The van der Waals surface area contributed by atoms with Gasteiger partial charge in [0.05, 0.1) is 5.41 Å². The largest absolute Gasteiger partial charge is 0.444 e. The van der Waals surface area contributed by atoms with Crippen LogP contribution in [0.4, 0.5) is 0 Å². The molecule has 5 nitrogen and oxygen atoms in total. The van der Waals surface area contributed by atoms with Crippen molar-refractivity contribution in [3.05, 3.63) is 22.6 Å². The van der Waals surface area contributed by atoms with Crippen LogP contribution in [0.15, 0.2) is 21.2 Å². The van der Waals surface area contributed by atoms with Crippen molar-refractivity contribution in [2.75, 3.05) is 13.6 Å². The zero-order valence-electron chi connectivity index (χ0n) is 9.96. The summed E-state index contributed by atoms with van der Waals surface area (Å²) in [5.41, 5.74) is -0.658. The Hall–Kier alpha value is -1.30. The number of furan rings is 1. The molecule has 17 heavy (non-hydrogen) atoms. The first-order chi connectivity index (χ1) is 7.86. The fraction of sp³-hybridized carbons (Fsp3) is 0.455. The van der Waals surface area contributed by atoms with Gasteiger partial charge in [-0.2, -0.15) is 0 Å². The lowest BCUT2D eigenvalue weighted by Crippen LogP contribution is -2.43. The van der Waals surface area contributed by atoms with Gasteiger partial charge in [0.2, 0.25) is 5.91 Å². The molecule has 0 fully saturated rings. The third-order valence-electron chi connectivity index (χ3n) is 2.33. The van der Waals surface area contributed by atoms with Crippen molar-refractivity contribution in [1.29, 1.82) is 0 Å². The molecule has 0 atom stereocenters. The Kier molecular flexibility index (Phi) is 4.34. The van der Waals surface area contributed by atoms with Crippen LogP contribution in [0.5, 0.6) is 0 Å². The van der Waals surface area contributed by atoms with Crippen LogP contribution < -0.4 is 10.6 Å². The zero-order chi connectivity index (χ0) is 13.1. The van der Waals surface area contributed by atoms with Gasteiger partial charge in [-0.1, -0.05) is 0 Å². The average Bonchev–Trinajstić information content (AvgIpc) is 2.71. The Morgan fingerprint density at radius 1 is 1.41 bits per heavy atom. The van der Waals surface area contributed by atoms with Crippen LogP contribution in [-0.4, -0.2) is 25.4 Å². The quantitative estimate of drug-likeness (QED) is 0.886. The zero-order valence-corrected chi connectivity index (χ0v) is 11.6. The van der Waals surface area contributed by atoms with Crippen molar-refractivity contribution >= 4 is 27.7 Å². The minimum atomic E-state index is -0.658. The molecular formula is C11H15BrN2O3. The van der Waals surface area contributed by atoms with E-state index in [-0.39, 0.29) is 24.1 Å². The fourth-order valence-electron chi connectivity index (χ4n) is 1.24. The summed E-state index contributed by atoms with van der Waals surface area (Å²) in [6.07, 6.45) is 0. The summed E-state index contributed by atoms with van der Waals surface area (Å²) < 4.78 is 5.60. The monoisotopic (exact) mass is 302 g/mol. The van der Waals surface area contributed by atoms with Crippen molar-refractivity contribution in [3.8, 4) is 0 Å². The third-order valence-corrected chi connectivity index (χ3v) is 2.76. The molecule has 0 saturated heterocycles. The minimum Gasteiger partial charge on any atom is -0.444 e. The Bertz CT molecular complexity index is 426. The maximum atomic E-state index is 11.7. The Balaban J connectivity index is 2.57. The number of carbonyl (C=O) groups excluding carboxylic acids is 2. The van der Waals surface area contributed by atoms with Crippen LogP contribution >= 0.6 is 15.9 Å². The molecule has 0 aliphatic rings. The smallest absolute Gasteiger partial charge is 0.287 e. The summed E-state index contributed by atoms with van der Waals surface area (Å²) >= 11 is 3.11. The van der Waals surface area contributed by atoms with Crippen LogP contribution in [0.25, 0.3) is 0 Å². The number of amides is 2. The molecule has 6 heteroatoms. The highest BCUT2D eigenvalue weighted by Crippen LogP contribution is 2.16. The SMILES string of the molecule is CNC(=O)C(C)(C)CNC(=O)c1ccc(Br)o1. The number of hydrogen-bond donors (Lipinski definition) is 2. The van der Waals surface area contributed by atoms with E-state index in [0.717, 1.165) is 0 Å². The number of halogens is 1. The van der Waals surface area contributed by atoms with Gasteiger partial charge in [-0.15, -0.1) is 0 Å². The lowest BCUT2D eigenvalue weighted by molar-refractivity contribution is -0.128. The second-order valence-electron chi connectivity index (χ2n) is 4.25. The lowest BCUT2D eigenvalue weighted by atomic mass is 9.92. The molecule has 0 unspecified atom stereocenters. The van der Waals surface area contributed by atoms with Gasteiger partial charge in [0.25, 0.3) is 5.91 Å². The van der Waals surface area contributed by atoms with Crippen LogP contribution in [0.3, 0.4) is 0 Å². The Labute approximate surface area is 108 Å². The number of hydrogen-bond acceptors (Lipinski definition) is 3. The van der Waals surface area contributed by atoms with E-state index in [1.54, 1.807) is 33.0 Å². The summed E-state index contributed by atoms with van der Waals surface area (Å²) in [4.78, 5) is 23.2. The van der Waals surface area contributed by atoms with Crippen molar-refractivity contribution in [1.82, 2.24) is 10.6 Å². The highest BCUT2D eigenvalue weighted by Gasteiger charge is 2.27. The van der Waals surface area contributed by atoms with Gasteiger partial charge in [0.15, 0.2) is 10.4 Å². The Morgan fingerprint density at radius 2 is 2.06 bits per heavy atom. The molecule has 94 valence electrons. The average molecular weight is 303 g/mol. The third kappa shape index (κ3) is 3.59. The molecule has 0 bridgehead atoms. The van der Waals surface area contributed by atoms with Gasteiger partial charge >= 0.3 is 0 Å². The number of nitrogens with one attached hydrogen (secondary N) is 2. The van der Waals surface area contributed by atoms with E-state index in [2.05, 4.69) is 26.6 Å². The van der Waals surface area contributed by atoms with Crippen LogP contribution in [-0.2, 0) is 4.79 Å². The van der Waals surface area contributed by atoms with Crippen LogP contribution in [0.1, 0.15) is 24.4 Å². The first-order valence-electron chi connectivity index (χ1n) is 5.12. The van der Waals surface area contributed by atoms with E-state index >= 15 is 0 Å². The molecule has 0 radical (unpaired) electrons. The maximum Gasteiger partial charge on any atom is 0.287 e. The van der Waals surface area contributed by atoms with Gasteiger partial charge in [-0.3, -0.25) is 9.59 Å². The summed E-state index contributed by atoms with van der Waals surface area (Å²) in [7, 11) is 1.57. The van der Waals surface area contributed by atoms with Gasteiger partial charge in [-0.05, 0) is 41.9 Å². The van der Waals surface area contributed by atoms with E-state index in [9.17, 15) is 9.59 Å². The first kappa shape index (κ1) is 13.8. The van der Waals surface area contributed by atoms with Crippen LogP contribution in [0.2, 0.25) is 0 Å². The second-order valence-corrected chi connectivity index (χ2v) is 5.03. The second kappa shape index (κ2) is 5.35. The van der Waals surface area contributed by atoms with Crippen molar-refractivity contribution in [2.45, 2.75) is 13.8 Å². The summed E-state index contributed by atoms with van der Waals surface area (Å²) in [6.45, 7) is 3.75. The highest BCUT2D eigenvalue weighted by atomic mass is 79.9. The maximum absolute atomic E-state index is 11.7. The van der Waals surface area contributed by atoms with Gasteiger partial charge < -0.3 is 15.1 Å². The first-order valence-corrected chi connectivity index (χ1v) is 5.92. The molecule has 0 saturated carbocycles. The molecule has 1 aromatic heterocycles. The van der Waals surface area contributed by atoms with E-state index in [1.807, 2.05) is 0 Å². The minimum absolute atomic E-state index is 0.126.